The maximum absolute atomic E-state index is 12.5. The van der Waals surface area contributed by atoms with Gasteiger partial charge in [-0.3, -0.25) is 10.1 Å². The predicted octanol–water partition coefficient (Wildman–Crippen LogP) is 3.59. The Morgan fingerprint density at radius 2 is 1.93 bits per heavy atom. The molecule has 30 heavy (non-hydrogen) atoms. The Kier molecular flexibility index (Phi) is 7.78. The summed E-state index contributed by atoms with van der Waals surface area (Å²) in [6, 6.07) is 12.3. The van der Waals surface area contributed by atoms with Crippen LogP contribution in [0, 0.1) is 0 Å². The fourth-order valence-electron chi connectivity index (χ4n) is 3.03. The maximum Gasteiger partial charge on any atom is 0.338 e. The molecular weight excluding hydrogens is 470 g/mol. The SMILES string of the molecule is CCOC(=O)c1ccc(N2CCOCC2)c(NC(=S)NC(=O)c2ccccc2Br)c1. The third-order valence-electron chi connectivity index (χ3n) is 4.45. The molecule has 0 spiro atoms. The standard InChI is InChI=1S/C21H22BrN3O4S/c1-2-29-20(27)14-7-8-18(25-9-11-28-12-10-25)17(13-14)23-21(30)24-19(26)15-5-3-4-6-16(15)22/h3-8,13H,2,9-12H2,1H3,(H2,23,24,26,30). The van der Waals surface area contributed by atoms with E-state index in [-0.39, 0.29) is 17.6 Å². The quantitative estimate of drug-likeness (QED) is 0.488. The fraction of sp³-hybridized carbons (Fsp3) is 0.286. The van der Waals surface area contributed by atoms with Crippen molar-refractivity contribution in [2.45, 2.75) is 6.92 Å². The van der Waals surface area contributed by atoms with Gasteiger partial charge in [-0.05, 0) is 65.4 Å². The van der Waals surface area contributed by atoms with Crippen LogP contribution in [0.1, 0.15) is 27.6 Å². The number of hydrogen-bond acceptors (Lipinski definition) is 6. The molecule has 1 amide bonds. The molecule has 2 N–H and O–H groups in total. The number of thiocarbonyl (C=S) groups is 1. The van der Waals surface area contributed by atoms with E-state index in [1.807, 2.05) is 12.1 Å². The molecule has 9 heteroatoms. The average molecular weight is 492 g/mol. The van der Waals surface area contributed by atoms with E-state index in [1.165, 1.54) is 0 Å². The van der Waals surface area contributed by atoms with Crippen molar-refractivity contribution in [3.05, 3.63) is 58.1 Å². The molecule has 0 aromatic heterocycles. The van der Waals surface area contributed by atoms with Gasteiger partial charge in [0.1, 0.15) is 0 Å². The summed E-state index contributed by atoms with van der Waals surface area (Å²) in [5, 5.41) is 5.87. The molecule has 3 rings (SSSR count). The summed E-state index contributed by atoms with van der Waals surface area (Å²) in [7, 11) is 0. The van der Waals surface area contributed by atoms with E-state index in [4.69, 9.17) is 21.7 Å². The second-order valence-corrected chi connectivity index (χ2v) is 7.70. The minimum absolute atomic E-state index is 0.131. The number of carbonyl (C=O) groups is 2. The lowest BCUT2D eigenvalue weighted by Crippen LogP contribution is -2.38. The third-order valence-corrected chi connectivity index (χ3v) is 5.35. The van der Waals surface area contributed by atoms with Crippen LogP contribution in [-0.4, -0.2) is 49.9 Å². The van der Waals surface area contributed by atoms with Gasteiger partial charge in [0.05, 0.1) is 42.3 Å². The van der Waals surface area contributed by atoms with E-state index < -0.39 is 5.97 Å². The van der Waals surface area contributed by atoms with Gasteiger partial charge in [0, 0.05) is 17.6 Å². The second kappa shape index (κ2) is 10.5. The smallest absolute Gasteiger partial charge is 0.338 e. The van der Waals surface area contributed by atoms with Gasteiger partial charge in [0.25, 0.3) is 5.91 Å². The second-order valence-electron chi connectivity index (χ2n) is 6.44. The summed E-state index contributed by atoms with van der Waals surface area (Å²) in [4.78, 5) is 26.9. The molecule has 2 aromatic carbocycles. The van der Waals surface area contributed by atoms with Crippen LogP contribution in [0.4, 0.5) is 11.4 Å². The van der Waals surface area contributed by atoms with Crippen molar-refractivity contribution in [2.75, 3.05) is 43.1 Å². The van der Waals surface area contributed by atoms with Crippen molar-refractivity contribution in [1.29, 1.82) is 0 Å². The Morgan fingerprint density at radius 3 is 2.63 bits per heavy atom. The normalized spacial score (nSPS) is 13.5. The highest BCUT2D eigenvalue weighted by Gasteiger charge is 2.19. The van der Waals surface area contributed by atoms with Gasteiger partial charge in [0.2, 0.25) is 0 Å². The number of morpholine rings is 1. The predicted molar refractivity (Wildman–Crippen MR) is 123 cm³/mol. The van der Waals surface area contributed by atoms with Crippen molar-refractivity contribution < 1.29 is 19.1 Å². The molecule has 1 aliphatic heterocycles. The van der Waals surface area contributed by atoms with Crippen LogP contribution in [0.3, 0.4) is 0 Å². The van der Waals surface area contributed by atoms with Gasteiger partial charge < -0.3 is 19.7 Å². The van der Waals surface area contributed by atoms with E-state index >= 15 is 0 Å². The van der Waals surface area contributed by atoms with Crippen LogP contribution in [0.2, 0.25) is 0 Å². The molecular formula is C21H22BrN3O4S. The summed E-state index contributed by atoms with van der Waals surface area (Å²) in [6.07, 6.45) is 0. The van der Waals surface area contributed by atoms with Gasteiger partial charge in [-0.15, -0.1) is 0 Å². The monoisotopic (exact) mass is 491 g/mol. The Bertz CT molecular complexity index is 948. The number of rotatable bonds is 5. The Morgan fingerprint density at radius 1 is 1.20 bits per heavy atom. The molecule has 1 heterocycles. The van der Waals surface area contributed by atoms with Crippen molar-refractivity contribution in [3.8, 4) is 0 Å². The molecule has 0 bridgehead atoms. The highest BCUT2D eigenvalue weighted by Crippen LogP contribution is 2.28. The first-order valence-electron chi connectivity index (χ1n) is 9.50. The summed E-state index contributed by atoms with van der Waals surface area (Å²) < 4.78 is 11.2. The number of amides is 1. The number of ether oxygens (including phenoxy) is 2. The van der Waals surface area contributed by atoms with Crippen molar-refractivity contribution >= 4 is 56.5 Å². The molecule has 2 aromatic rings. The Labute approximate surface area is 188 Å². The summed E-state index contributed by atoms with van der Waals surface area (Å²) in [5.41, 5.74) is 2.34. The van der Waals surface area contributed by atoms with Gasteiger partial charge in [0.15, 0.2) is 5.11 Å². The average Bonchev–Trinajstić information content (AvgIpc) is 2.74. The number of benzene rings is 2. The van der Waals surface area contributed by atoms with E-state index in [2.05, 4.69) is 31.5 Å². The molecule has 1 saturated heterocycles. The molecule has 1 fully saturated rings. The van der Waals surface area contributed by atoms with Crippen LogP contribution < -0.4 is 15.5 Å². The lowest BCUT2D eigenvalue weighted by Gasteiger charge is -2.31. The Balaban J connectivity index is 1.81. The molecule has 158 valence electrons. The minimum atomic E-state index is -0.419. The lowest BCUT2D eigenvalue weighted by atomic mass is 10.1. The third kappa shape index (κ3) is 5.56. The highest BCUT2D eigenvalue weighted by molar-refractivity contribution is 9.10. The van der Waals surface area contributed by atoms with Crippen molar-refractivity contribution in [3.63, 3.8) is 0 Å². The molecule has 0 atom stereocenters. The van der Waals surface area contributed by atoms with Crippen LogP contribution in [0.25, 0.3) is 0 Å². The lowest BCUT2D eigenvalue weighted by molar-refractivity contribution is 0.0526. The minimum Gasteiger partial charge on any atom is -0.462 e. The zero-order valence-corrected chi connectivity index (χ0v) is 18.8. The molecule has 7 nitrogen and oxygen atoms in total. The molecule has 0 unspecified atom stereocenters. The van der Waals surface area contributed by atoms with E-state index in [0.29, 0.717) is 47.6 Å². The van der Waals surface area contributed by atoms with Crippen molar-refractivity contribution in [1.82, 2.24) is 5.32 Å². The van der Waals surface area contributed by atoms with Gasteiger partial charge in [-0.1, -0.05) is 12.1 Å². The van der Waals surface area contributed by atoms with Crippen LogP contribution in [-0.2, 0) is 9.47 Å². The number of hydrogen-bond donors (Lipinski definition) is 2. The first kappa shape index (κ1) is 22.2. The topological polar surface area (TPSA) is 79.9 Å². The highest BCUT2D eigenvalue weighted by atomic mass is 79.9. The molecule has 0 saturated carbocycles. The molecule has 0 radical (unpaired) electrons. The summed E-state index contributed by atoms with van der Waals surface area (Å²) in [5.74, 6) is -0.758. The molecule has 1 aliphatic rings. The van der Waals surface area contributed by atoms with E-state index in [1.54, 1.807) is 37.3 Å². The molecule has 0 aliphatic carbocycles. The number of esters is 1. The van der Waals surface area contributed by atoms with Gasteiger partial charge in [-0.25, -0.2) is 4.79 Å². The zero-order chi connectivity index (χ0) is 21.5. The van der Waals surface area contributed by atoms with Crippen LogP contribution in [0.5, 0.6) is 0 Å². The Hall–Kier alpha value is -2.49. The first-order valence-corrected chi connectivity index (χ1v) is 10.7. The van der Waals surface area contributed by atoms with E-state index in [9.17, 15) is 9.59 Å². The van der Waals surface area contributed by atoms with Gasteiger partial charge in [-0.2, -0.15) is 0 Å². The largest absolute Gasteiger partial charge is 0.462 e. The maximum atomic E-state index is 12.5. The number of carbonyl (C=O) groups excluding carboxylic acids is 2. The van der Waals surface area contributed by atoms with Crippen LogP contribution in [0.15, 0.2) is 46.9 Å². The summed E-state index contributed by atoms with van der Waals surface area (Å²) >= 11 is 8.72. The van der Waals surface area contributed by atoms with Crippen LogP contribution >= 0.6 is 28.1 Å². The number of nitrogens with one attached hydrogen (secondary N) is 2. The number of anilines is 2. The zero-order valence-electron chi connectivity index (χ0n) is 16.4. The van der Waals surface area contributed by atoms with Crippen molar-refractivity contribution in [2.24, 2.45) is 0 Å². The number of halogens is 1. The summed E-state index contributed by atoms with van der Waals surface area (Å²) in [6.45, 7) is 4.69. The first-order chi connectivity index (χ1) is 14.5. The number of nitrogens with zero attached hydrogens (tertiary/aromatic N) is 1. The fourth-order valence-corrected chi connectivity index (χ4v) is 3.69. The van der Waals surface area contributed by atoms with E-state index in [0.717, 1.165) is 5.69 Å². The van der Waals surface area contributed by atoms with Gasteiger partial charge >= 0.3 is 5.97 Å².